The fraction of sp³-hybridized carbons (Fsp3) is 0.667. The second-order valence-electron chi connectivity index (χ2n) is 6.21. The second-order valence-corrected chi connectivity index (χ2v) is 9.44. The number of carbonyl (C=O) groups excluding carboxylic acids is 1. The lowest BCUT2D eigenvalue weighted by atomic mass is 9.84. The molecule has 2 aliphatic rings. The maximum Gasteiger partial charge on any atom is 0.250 e. The van der Waals surface area contributed by atoms with Crippen LogP contribution in [0.2, 0.25) is 0 Å². The minimum absolute atomic E-state index is 0.0714. The summed E-state index contributed by atoms with van der Waals surface area (Å²) in [4.78, 5) is 15.1. The molecule has 2 heterocycles. The van der Waals surface area contributed by atoms with Crippen LogP contribution in [0.25, 0.3) is 0 Å². The van der Waals surface area contributed by atoms with Gasteiger partial charge in [-0.1, -0.05) is 6.42 Å². The number of likely N-dealkylation sites (tertiary alicyclic amines) is 1. The Kier molecular flexibility index (Phi) is 4.56. The highest BCUT2D eigenvalue weighted by Crippen LogP contribution is 2.29. The standard InChI is InChI=1S/C15H22N2O3S2/c1-11-5-6-14(21-11)22(19,20)16-13-7-9-17(10-8-13)15(18)12-3-2-4-12/h5-6,12-13,16H,2-4,7-10H2,1H3. The van der Waals surface area contributed by atoms with Crippen molar-refractivity contribution in [2.75, 3.05) is 13.1 Å². The zero-order valence-electron chi connectivity index (χ0n) is 12.7. The van der Waals surface area contributed by atoms with Crippen molar-refractivity contribution in [2.24, 2.45) is 5.92 Å². The molecule has 1 N–H and O–H groups in total. The minimum atomic E-state index is -3.42. The van der Waals surface area contributed by atoms with Crippen LogP contribution in [-0.4, -0.2) is 38.4 Å². The molecule has 1 saturated carbocycles. The average molecular weight is 342 g/mol. The van der Waals surface area contributed by atoms with E-state index < -0.39 is 10.0 Å². The molecule has 0 atom stereocenters. The van der Waals surface area contributed by atoms with Gasteiger partial charge in [-0.15, -0.1) is 11.3 Å². The minimum Gasteiger partial charge on any atom is -0.342 e. The monoisotopic (exact) mass is 342 g/mol. The molecule has 1 aromatic heterocycles. The van der Waals surface area contributed by atoms with Crippen LogP contribution in [0, 0.1) is 12.8 Å². The molecule has 1 aliphatic heterocycles. The predicted octanol–water partition coefficient (Wildman–Crippen LogP) is 2.13. The van der Waals surface area contributed by atoms with Gasteiger partial charge >= 0.3 is 0 Å². The molecule has 0 aromatic carbocycles. The maximum atomic E-state index is 12.3. The number of hydrogen-bond donors (Lipinski definition) is 1. The molecule has 1 amide bonds. The largest absolute Gasteiger partial charge is 0.342 e. The van der Waals surface area contributed by atoms with Gasteiger partial charge in [0.15, 0.2) is 0 Å². The molecule has 5 nitrogen and oxygen atoms in total. The number of rotatable bonds is 4. The van der Waals surface area contributed by atoms with Gasteiger partial charge in [0, 0.05) is 29.9 Å². The predicted molar refractivity (Wildman–Crippen MR) is 86.3 cm³/mol. The summed E-state index contributed by atoms with van der Waals surface area (Å²) in [7, 11) is -3.42. The van der Waals surface area contributed by atoms with Crippen molar-refractivity contribution in [1.29, 1.82) is 0 Å². The molecule has 0 radical (unpaired) electrons. The fourth-order valence-electron chi connectivity index (χ4n) is 2.97. The van der Waals surface area contributed by atoms with E-state index in [4.69, 9.17) is 0 Å². The highest BCUT2D eigenvalue weighted by Gasteiger charge is 2.32. The molecule has 0 unspecified atom stereocenters. The summed E-state index contributed by atoms with van der Waals surface area (Å²) in [5, 5.41) is 0. The van der Waals surface area contributed by atoms with Gasteiger partial charge in [0.25, 0.3) is 0 Å². The molecule has 2 fully saturated rings. The van der Waals surface area contributed by atoms with Crippen molar-refractivity contribution in [2.45, 2.75) is 49.3 Å². The van der Waals surface area contributed by atoms with Gasteiger partial charge in [-0.05, 0) is 44.7 Å². The quantitative estimate of drug-likeness (QED) is 0.911. The van der Waals surface area contributed by atoms with E-state index in [9.17, 15) is 13.2 Å². The number of hydrogen-bond acceptors (Lipinski definition) is 4. The van der Waals surface area contributed by atoms with Crippen molar-refractivity contribution in [3.63, 3.8) is 0 Å². The van der Waals surface area contributed by atoms with Crippen LogP contribution in [0.3, 0.4) is 0 Å². The van der Waals surface area contributed by atoms with Gasteiger partial charge in [-0.25, -0.2) is 13.1 Å². The molecular weight excluding hydrogens is 320 g/mol. The van der Waals surface area contributed by atoms with Crippen LogP contribution < -0.4 is 4.72 Å². The number of aryl methyl sites for hydroxylation is 1. The summed E-state index contributed by atoms with van der Waals surface area (Å²) in [5.74, 6) is 0.490. The van der Waals surface area contributed by atoms with E-state index in [1.54, 1.807) is 6.07 Å². The molecular formula is C15H22N2O3S2. The Bertz CT molecular complexity index is 641. The Morgan fingerprint density at radius 2 is 1.91 bits per heavy atom. The Labute approximate surface area is 135 Å². The van der Waals surface area contributed by atoms with Crippen LogP contribution >= 0.6 is 11.3 Å². The van der Waals surface area contributed by atoms with E-state index >= 15 is 0 Å². The number of amides is 1. The average Bonchev–Trinajstić information content (AvgIpc) is 2.85. The van der Waals surface area contributed by atoms with Gasteiger partial charge < -0.3 is 4.90 Å². The summed E-state index contributed by atoms with van der Waals surface area (Å²) in [5.41, 5.74) is 0. The van der Waals surface area contributed by atoms with Gasteiger partial charge in [0.05, 0.1) is 0 Å². The SMILES string of the molecule is Cc1ccc(S(=O)(=O)NC2CCN(C(=O)C3CCC3)CC2)s1. The third-order valence-corrected chi connectivity index (χ3v) is 7.58. The molecule has 1 saturated heterocycles. The van der Waals surface area contributed by atoms with Gasteiger partial charge in [0.1, 0.15) is 4.21 Å². The number of sulfonamides is 1. The topological polar surface area (TPSA) is 66.5 Å². The summed E-state index contributed by atoms with van der Waals surface area (Å²) in [6.07, 6.45) is 4.59. The van der Waals surface area contributed by atoms with Crippen LogP contribution in [-0.2, 0) is 14.8 Å². The number of piperidine rings is 1. The lowest BCUT2D eigenvalue weighted by Gasteiger charge is -2.36. The second kappa shape index (κ2) is 6.29. The first kappa shape index (κ1) is 16.0. The third kappa shape index (κ3) is 3.36. The van der Waals surface area contributed by atoms with E-state index in [2.05, 4.69) is 4.72 Å². The highest BCUT2D eigenvalue weighted by atomic mass is 32.2. The number of nitrogens with zero attached hydrogens (tertiary/aromatic N) is 1. The molecule has 122 valence electrons. The fourth-order valence-corrected chi connectivity index (χ4v) is 5.57. The molecule has 7 heteroatoms. The Hall–Kier alpha value is -0.920. The van der Waals surface area contributed by atoms with Crippen molar-refractivity contribution in [3.8, 4) is 0 Å². The lowest BCUT2D eigenvalue weighted by Crippen LogP contribution is -2.48. The van der Waals surface area contributed by atoms with Gasteiger partial charge in [-0.3, -0.25) is 4.79 Å². The van der Waals surface area contributed by atoms with E-state index in [0.29, 0.717) is 30.1 Å². The Balaban J connectivity index is 1.54. The number of thiophene rings is 1. The van der Waals surface area contributed by atoms with Crippen LogP contribution in [0.1, 0.15) is 37.0 Å². The lowest BCUT2D eigenvalue weighted by molar-refractivity contribution is -0.139. The molecule has 1 aliphatic carbocycles. The molecule has 22 heavy (non-hydrogen) atoms. The Morgan fingerprint density at radius 3 is 2.41 bits per heavy atom. The van der Waals surface area contributed by atoms with Gasteiger partial charge in [0.2, 0.25) is 15.9 Å². The maximum absolute atomic E-state index is 12.3. The van der Waals surface area contributed by atoms with E-state index in [1.165, 1.54) is 11.3 Å². The van der Waals surface area contributed by atoms with E-state index in [0.717, 1.165) is 24.1 Å². The first-order valence-electron chi connectivity index (χ1n) is 7.83. The van der Waals surface area contributed by atoms with Crippen molar-refractivity contribution >= 4 is 27.3 Å². The van der Waals surface area contributed by atoms with Gasteiger partial charge in [-0.2, -0.15) is 0 Å². The van der Waals surface area contributed by atoms with Crippen molar-refractivity contribution in [3.05, 3.63) is 17.0 Å². The van der Waals surface area contributed by atoms with Crippen molar-refractivity contribution < 1.29 is 13.2 Å². The summed E-state index contributed by atoms with van der Waals surface area (Å²) < 4.78 is 27.8. The zero-order valence-corrected chi connectivity index (χ0v) is 14.4. The summed E-state index contributed by atoms with van der Waals surface area (Å²) >= 11 is 1.29. The first-order valence-corrected chi connectivity index (χ1v) is 10.1. The third-order valence-electron chi connectivity index (χ3n) is 4.56. The smallest absolute Gasteiger partial charge is 0.250 e. The molecule has 0 bridgehead atoms. The molecule has 0 spiro atoms. The van der Waals surface area contributed by atoms with Crippen molar-refractivity contribution in [1.82, 2.24) is 9.62 Å². The summed E-state index contributed by atoms with van der Waals surface area (Å²) in [6.45, 7) is 3.21. The number of carbonyl (C=O) groups is 1. The highest BCUT2D eigenvalue weighted by molar-refractivity contribution is 7.91. The molecule has 1 aromatic rings. The first-order chi connectivity index (χ1) is 10.5. The van der Waals surface area contributed by atoms with Crippen LogP contribution in [0.5, 0.6) is 0 Å². The van der Waals surface area contributed by atoms with Crippen LogP contribution in [0.15, 0.2) is 16.3 Å². The summed E-state index contributed by atoms with van der Waals surface area (Å²) in [6, 6.07) is 3.40. The van der Waals surface area contributed by atoms with Crippen LogP contribution in [0.4, 0.5) is 0 Å². The van der Waals surface area contributed by atoms with E-state index in [-0.39, 0.29) is 17.9 Å². The number of nitrogens with one attached hydrogen (secondary N) is 1. The van der Waals surface area contributed by atoms with E-state index in [1.807, 2.05) is 17.9 Å². The molecule has 3 rings (SSSR count). The zero-order chi connectivity index (χ0) is 15.7. The normalized spacial score (nSPS) is 20.9. The Morgan fingerprint density at radius 1 is 1.23 bits per heavy atom.